The Morgan fingerprint density at radius 1 is 1.56 bits per heavy atom. The van der Waals surface area contributed by atoms with Crippen LogP contribution in [0.3, 0.4) is 0 Å². The number of aliphatic carboxylic acids is 1. The second kappa shape index (κ2) is 5.08. The fraction of sp³-hybridized carbons (Fsp3) is 0.222. The first-order valence-electron chi connectivity index (χ1n) is 4.43. The van der Waals surface area contributed by atoms with Crippen LogP contribution in [0.2, 0.25) is 0 Å². The highest BCUT2D eigenvalue weighted by Gasteiger charge is 2.18. The van der Waals surface area contributed by atoms with E-state index in [2.05, 4.69) is 10.3 Å². The van der Waals surface area contributed by atoms with Crippen LogP contribution in [0.25, 0.3) is 0 Å². The van der Waals surface area contributed by atoms with E-state index in [9.17, 15) is 14.7 Å². The van der Waals surface area contributed by atoms with Gasteiger partial charge in [0.05, 0.1) is 12.5 Å². The molecule has 0 aromatic carbocycles. The number of nitrogens with zero attached hydrogens (tertiary/aromatic N) is 1. The fourth-order valence-electron chi connectivity index (χ4n) is 0.983. The molecule has 5 N–H and O–H groups in total. The second-order valence-corrected chi connectivity index (χ2v) is 3.06. The van der Waals surface area contributed by atoms with E-state index >= 15 is 0 Å². The number of carbonyl (C=O) groups excluding carboxylic acids is 1. The van der Waals surface area contributed by atoms with Gasteiger partial charge < -0.3 is 21.3 Å². The van der Waals surface area contributed by atoms with E-state index in [1.54, 1.807) is 0 Å². The highest BCUT2D eigenvalue weighted by atomic mass is 16.4. The molecule has 0 aliphatic heterocycles. The first-order valence-corrected chi connectivity index (χ1v) is 4.43. The molecule has 1 amide bonds. The molecule has 7 heteroatoms. The average Bonchev–Trinajstić information content (AvgIpc) is 2.20. The molecule has 0 aliphatic carbocycles. The van der Waals surface area contributed by atoms with E-state index < -0.39 is 24.3 Å². The van der Waals surface area contributed by atoms with Gasteiger partial charge in [0.2, 0.25) is 5.91 Å². The van der Waals surface area contributed by atoms with E-state index in [1.165, 1.54) is 18.3 Å². The van der Waals surface area contributed by atoms with Crippen LogP contribution in [0.1, 0.15) is 6.42 Å². The maximum Gasteiger partial charge on any atom is 0.305 e. The number of hydrogen-bond acceptors (Lipinski definition) is 5. The molecule has 1 aromatic rings. The van der Waals surface area contributed by atoms with Crippen molar-refractivity contribution < 1.29 is 19.8 Å². The average molecular weight is 225 g/mol. The molecule has 16 heavy (non-hydrogen) atoms. The molecular weight excluding hydrogens is 214 g/mol. The number of carboxylic acid groups (broad SMARTS) is 1. The minimum absolute atomic E-state index is 0.0478. The van der Waals surface area contributed by atoms with Crippen molar-refractivity contribution in [2.75, 3.05) is 5.32 Å². The zero-order chi connectivity index (χ0) is 12.1. The SMILES string of the molecule is NC(CC(=O)O)C(=O)Nc1ncccc1O. The molecule has 1 unspecified atom stereocenters. The number of nitrogens with one attached hydrogen (secondary N) is 1. The van der Waals surface area contributed by atoms with E-state index in [4.69, 9.17) is 10.8 Å². The summed E-state index contributed by atoms with van der Waals surface area (Å²) in [6.45, 7) is 0. The van der Waals surface area contributed by atoms with Crippen molar-refractivity contribution in [3.05, 3.63) is 18.3 Å². The Balaban J connectivity index is 2.64. The summed E-state index contributed by atoms with van der Waals surface area (Å²) in [5.41, 5.74) is 5.31. The summed E-state index contributed by atoms with van der Waals surface area (Å²) in [5, 5.41) is 19.9. The number of pyridine rings is 1. The minimum atomic E-state index is -1.18. The van der Waals surface area contributed by atoms with Gasteiger partial charge in [0.1, 0.15) is 0 Å². The van der Waals surface area contributed by atoms with Crippen LogP contribution in [-0.4, -0.2) is 33.1 Å². The zero-order valence-corrected chi connectivity index (χ0v) is 8.25. The molecule has 0 spiro atoms. The lowest BCUT2D eigenvalue weighted by Crippen LogP contribution is -2.37. The Labute approximate surface area is 90.9 Å². The van der Waals surface area contributed by atoms with Crippen molar-refractivity contribution in [2.24, 2.45) is 5.73 Å². The summed E-state index contributed by atoms with van der Waals surface area (Å²) in [5.74, 6) is -2.14. The van der Waals surface area contributed by atoms with Crippen molar-refractivity contribution in [1.29, 1.82) is 0 Å². The Morgan fingerprint density at radius 2 is 2.25 bits per heavy atom. The van der Waals surface area contributed by atoms with Crippen LogP contribution in [0.15, 0.2) is 18.3 Å². The van der Waals surface area contributed by atoms with Gasteiger partial charge in [-0.05, 0) is 12.1 Å². The lowest BCUT2D eigenvalue weighted by Gasteiger charge is -2.10. The number of anilines is 1. The molecule has 1 aromatic heterocycles. The summed E-state index contributed by atoms with van der Waals surface area (Å²) in [7, 11) is 0. The third-order valence-corrected chi connectivity index (χ3v) is 1.76. The van der Waals surface area contributed by atoms with Crippen molar-refractivity contribution in [1.82, 2.24) is 4.98 Å². The van der Waals surface area contributed by atoms with Gasteiger partial charge in [0, 0.05) is 6.20 Å². The van der Waals surface area contributed by atoms with Gasteiger partial charge >= 0.3 is 5.97 Å². The zero-order valence-electron chi connectivity index (χ0n) is 8.25. The quantitative estimate of drug-likeness (QED) is 0.548. The maximum atomic E-state index is 11.3. The van der Waals surface area contributed by atoms with Crippen LogP contribution >= 0.6 is 0 Å². The Morgan fingerprint density at radius 3 is 2.81 bits per heavy atom. The number of amides is 1. The highest BCUT2D eigenvalue weighted by molar-refractivity contribution is 5.96. The summed E-state index contributed by atoms with van der Waals surface area (Å²) >= 11 is 0. The Kier molecular flexibility index (Phi) is 3.78. The molecule has 1 atom stereocenters. The van der Waals surface area contributed by atoms with E-state index in [0.29, 0.717) is 0 Å². The Bertz CT molecular complexity index is 407. The third kappa shape index (κ3) is 3.21. The van der Waals surface area contributed by atoms with Crippen molar-refractivity contribution in [2.45, 2.75) is 12.5 Å². The molecule has 0 saturated heterocycles. The normalized spacial score (nSPS) is 11.8. The molecule has 1 rings (SSSR count). The second-order valence-electron chi connectivity index (χ2n) is 3.06. The molecule has 0 radical (unpaired) electrons. The topological polar surface area (TPSA) is 126 Å². The van der Waals surface area contributed by atoms with E-state index in [0.717, 1.165) is 0 Å². The number of hydrogen-bond donors (Lipinski definition) is 4. The first kappa shape index (κ1) is 11.9. The van der Waals surface area contributed by atoms with E-state index in [1.807, 2.05) is 0 Å². The van der Waals surface area contributed by atoms with E-state index in [-0.39, 0.29) is 11.6 Å². The molecule has 1 heterocycles. The minimum Gasteiger partial charge on any atom is -0.504 e. The van der Waals surface area contributed by atoms with Gasteiger partial charge in [-0.1, -0.05) is 0 Å². The van der Waals surface area contributed by atoms with Crippen molar-refractivity contribution in [3.8, 4) is 5.75 Å². The number of rotatable bonds is 4. The van der Waals surface area contributed by atoms with Crippen LogP contribution < -0.4 is 11.1 Å². The van der Waals surface area contributed by atoms with Gasteiger partial charge in [-0.2, -0.15) is 0 Å². The number of carbonyl (C=O) groups is 2. The summed E-state index contributed by atoms with van der Waals surface area (Å²) in [6.07, 6.45) is 0.886. The monoisotopic (exact) mass is 225 g/mol. The number of aromatic nitrogens is 1. The van der Waals surface area contributed by atoms with Crippen LogP contribution in [0.5, 0.6) is 5.75 Å². The summed E-state index contributed by atoms with van der Waals surface area (Å²) < 4.78 is 0. The largest absolute Gasteiger partial charge is 0.504 e. The molecule has 0 aliphatic rings. The van der Waals surface area contributed by atoms with Crippen LogP contribution in [0.4, 0.5) is 5.82 Å². The van der Waals surface area contributed by atoms with Gasteiger partial charge in [-0.25, -0.2) is 4.98 Å². The van der Waals surface area contributed by atoms with Gasteiger partial charge in [-0.15, -0.1) is 0 Å². The maximum absolute atomic E-state index is 11.3. The predicted molar refractivity (Wildman–Crippen MR) is 54.8 cm³/mol. The van der Waals surface area contributed by atoms with Crippen LogP contribution in [0, 0.1) is 0 Å². The summed E-state index contributed by atoms with van der Waals surface area (Å²) in [4.78, 5) is 25.4. The van der Waals surface area contributed by atoms with Gasteiger partial charge in [-0.3, -0.25) is 9.59 Å². The molecule has 0 saturated carbocycles. The lowest BCUT2D eigenvalue weighted by atomic mass is 10.2. The van der Waals surface area contributed by atoms with Crippen molar-refractivity contribution >= 4 is 17.7 Å². The standard InChI is InChI=1S/C9H11N3O4/c10-5(4-7(14)15)9(16)12-8-6(13)2-1-3-11-8/h1-3,5,13H,4,10H2,(H,14,15)(H,11,12,16). The molecule has 86 valence electrons. The predicted octanol–water partition coefficient (Wildman–Crippen LogP) is -0.472. The Hall–Kier alpha value is -2.15. The molecule has 7 nitrogen and oxygen atoms in total. The lowest BCUT2D eigenvalue weighted by molar-refractivity contribution is -0.138. The van der Waals surface area contributed by atoms with Gasteiger partial charge in [0.25, 0.3) is 0 Å². The highest BCUT2D eigenvalue weighted by Crippen LogP contribution is 2.18. The summed E-state index contributed by atoms with van der Waals surface area (Å²) in [6, 6.07) is 1.65. The van der Waals surface area contributed by atoms with Crippen LogP contribution in [-0.2, 0) is 9.59 Å². The number of aromatic hydroxyl groups is 1. The van der Waals surface area contributed by atoms with Crippen molar-refractivity contribution in [3.63, 3.8) is 0 Å². The molecule has 0 fully saturated rings. The fourth-order valence-corrected chi connectivity index (χ4v) is 0.983. The number of nitrogens with two attached hydrogens (primary N) is 1. The third-order valence-electron chi connectivity index (χ3n) is 1.76. The molecule has 0 bridgehead atoms. The van der Waals surface area contributed by atoms with Gasteiger partial charge in [0.15, 0.2) is 11.6 Å². The molecular formula is C9H11N3O4. The number of carboxylic acids is 1. The smallest absolute Gasteiger partial charge is 0.305 e. The first-order chi connectivity index (χ1) is 7.50.